The maximum atomic E-state index is 13.0. The molecule has 6 N–H and O–H groups in total. The minimum absolute atomic E-state index is 0.105. The van der Waals surface area contributed by atoms with Crippen molar-refractivity contribution < 1.29 is 23.3 Å². The molecule has 0 atom stereocenters. The molecule has 0 radical (unpaired) electrons. The highest BCUT2D eigenvalue weighted by Crippen LogP contribution is 2.33. The summed E-state index contributed by atoms with van der Waals surface area (Å²) in [7, 11) is 12.3. The van der Waals surface area contributed by atoms with E-state index in [1.165, 1.54) is 57.5 Å². The predicted molar refractivity (Wildman–Crippen MR) is 428 cm³/mol. The van der Waals surface area contributed by atoms with Crippen molar-refractivity contribution in [1.82, 2.24) is 65.3 Å². The number of H-pyrrole nitrogens is 4. The molecule has 0 fully saturated rings. The molecule has 9 aromatic rings. The number of rotatable bonds is 35. The van der Waals surface area contributed by atoms with E-state index in [2.05, 4.69) is 202 Å². The van der Waals surface area contributed by atoms with Gasteiger partial charge in [-0.25, -0.2) is 4.39 Å². The van der Waals surface area contributed by atoms with Gasteiger partial charge in [0.25, 0.3) is 0 Å². The summed E-state index contributed by atoms with van der Waals surface area (Å²) in [5, 5.41) is 29.9. The van der Waals surface area contributed by atoms with Crippen molar-refractivity contribution in [3.8, 4) is 62.3 Å². The van der Waals surface area contributed by atoms with Gasteiger partial charge in [-0.3, -0.25) is 25.4 Å². The second kappa shape index (κ2) is 45.8. The third-order valence-corrected chi connectivity index (χ3v) is 17.3. The molecule has 0 unspecified atom stereocenters. The maximum absolute atomic E-state index is 13.0. The van der Waals surface area contributed by atoms with Crippen LogP contribution in [0, 0.1) is 18.7 Å². The Kier molecular flexibility index (Phi) is 37.3. The van der Waals surface area contributed by atoms with Crippen LogP contribution in [-0.2, 0) is 37.3 Å². The summed E-state index contributed by atoms with van der Waals surface area (Å²) in [6.45, 7) is 34.2. The van der Waals surface area contributed by atoms with Gasteiger partial charge in [-0.15, -0.1) is 0 Å². The van der Waals surface area contributed by atoms with E-state index in [0.29, 0.717) is 43.1 Å². The number of halogens is 2. The second-order valence-corrected chi connectivity index (χ2v) is 27.7. The number of methoxy groups -OCH3 is 1. The standard InChI is InChI=1S/C18H27N3.C17H24ClN3O.C17H25N3O2.C16H23N3O.C15H20FN3/c1-5-10-21(4)13-17-12-19-20-18(17)16-8-6-15(7-9-16)11-14(2)3;1-5-8-21(4)11-14-10-19-20-17(14)13-6-7-16(15(18)9-13)22-12(2)3;1-20(10-8-18)13-15-7-9-19-17(15)14-3-5-16(6-4-14)22-12-11-21-2;1-4-10-19(3)12-14-11-17-18-16(14)13-6-8-15(9-7-13)20-5-2;1-4-9-19(3)10-14-11(2)17-18-15(14)12-5-7-13(16)8-6-12/h6-9,12,14H,5,10-11,13H2,1-4H3,(H,19,20);6-7,9-10,12H,5,8,11H2,1-4H3,(H,19,20);3-7H,8-13,18H2,1-2H3;6-9,11H,4-5,10,12H2,1-3H3,(H,17,18);5-8H,4,9-10H2,1-3H3,(H,17,18). The lowest BCUT2D eigenvalue weighted by Gasteiger charge is -2.17. The van der Waals surface area contributed by atoms with Crippen LogP contribution in [0.4, 0.5) is 4.39 Å². The Balaban J connectivity index is 0.000000204. The van der Waals surface area contributed by atoms with Crippen LogP contribution in [0.1, 0.15) is 127 Å². The van der Waals surface area contributed by atoms with Gasteiger partial charge < -0.3 is 49.2 Å². The zero-order valence-electron chi connectivity index (χ0n) is 65.0. The zero-order chi connectivity index (χ0) is 75.3. The van der Waals surface area contributed by atoms with E-state index in [0.717, 1.165) is 166 Å². The van der Waals surface area contributed by atoms with Crippen LogP contribution in [0.3, 0.4) is 0 Å². The number of ether oxygens (including phenoxy) is 4. The highest BCUT2D eigenvalue weighted by molar-refractivity contribution is 6.32. The number of aromatic nitrogens is 8. The number of benzene rings is 5. The first-order valence-electron chi connectivity index (χ1n) is 37.0. The highest BCUT2D eigenvalue weighted by Gasteiger charge is 2.19. The lowest BCUT2D eigenvalue weighted by atomic mass is 10.00. The Labute approximate surface area is 625 Å². The predicted octanol–water partition coefficient (Wildman–Crippen LogP) is 16.5. The minimum atomic E-state index is -0.222. The Bertz CT molecular complexity index is 3900. The molecular weight excluding hydrogens is 1330 g/mol. The molecule has 0 bridgehead atoms. The molecule has 0 amide bonds. The average Bonchev–Trinajstić information content (AvgIpc) is 1.80. The molecule has 564 valence electrons. The van der Waals surface area contributed by atoms with Gasteiger partial charge in [0.2, 0.25) is 0 Å². The number of hydrogen-bond acceptors (Lipinski definition) is 15. The quantitative estimate of drug-likeness (QED) is 0.0234. The summed E-state index contributed by atoms with van der Waals surface area (Å²) < 4.78 is 34.7. The van der Waals surface area contributed by atoms with Crippen LogP contribution in [0.15, 0.2) is 150 Å². The Morgan fingerprint density at radius 3 is 1.47 bits per heavy atom. The molecule has 0 spiro atoms. The first-order valence-corrected chi connectivity index (χ1v) is 37.3. The summed E-state index contributed by atoms with van der Waals surface area (Å²) in [5.74, 6) is 2.94. The Morgan fingerprint density at radius 2 is 1.00 bits per heavy atom. The van der Waals surface area contributed by atoms with Crippen LogP contribution in [-0.4, -0.2) is 192 Å². The number of nitrogens with one attached hydrogen (secondary N) is 4. The van der Waals surface area contributed by atoms with Gasteiger partial charge in [0.15, 0.2) is 0 Å². The van der Waals surface area contributed by atoms with E-state index in [-0.39, 0.29) is 11.9 Å². The summed E-state index contributed by atoms with van der Waals surface area (Å²) in [4.78, 5) is 16.0. The van der Waals surface area contributed by atoms with Gasteiger partial charge >= 0.3 is 0 Å². The highest BCUT2D eigenvalue weighted by atomic mass is 35.5. The molecule has 19 nitrogen and oxygen atoms in total. The van der Waals surface area contributed by atoms with E-state index >= 15 is 0 Å². The number of hydrogen-bond donors (Lipinski definition) is 5. The van der Waals surface area contributed by atoms with E-state index in [4.69, 9.17) is 36.3 Å². The number of likely N-dealkylation sites (N-methyl/N-ethyl adjacent to an activating group) is 1. The summed E-state index contributed by atoms with van der Waals surface area (Å²) >= 11 is 6.33. The van der Waals surface area contributed by atoms with Crippen molar-refractivity contribution >= 4 is 17.3 Å². The van der Waals surface area contributed by atoms with E-state index in [1.54, 1.807) is 19.2 Å². The van der Waals surface area contributed by atoms with Gasteiger partial charge in [0.1, 0.15) is 29.7 Å². The number of aromatic amines is 4. The van der Waals surface area contributed by atoms with Crippen molar-refractivity contribution in [1.29, 1.82) is 0 Å². The van der Waals surface area contributed by atoms with Crippen LogP contribution in [0.25, 0.3) is 45.0 Å². The van der Waals surface area contributed by atoms with E-state index < -0.39 is 0 Å². The number of nitrogens with zero attached hydrogens (tertiary/aromatic N) is 10. The maximum Gasteiger partial charge on any atom is 0.138 e. The second-order valence-electron chi connectivity index (χ2n) is 27.3. The lowest BCUT2D eigenvalue weighted by molar-refractivity contribution is 0.146. The fourth-order valence-corrected chi connectivity index (χ4v) is 12.3. The monoisotopic (exact) mass is 1440 g/mol. The molecule has 21 heteroatoms. The Hall–Kier alpha value is -8.31. The van der Waals surface area contributed by atoms with Crippen molar-refractivity contribution in [2.75, 3.05) is 115 Å². The molecule has 5 aromatic carbocycles. The smallest absolute Gasteiger partial charge is 0.138 e. The number of aliphatic imine (C=N–C) groups is 1. The van der Waals surface area contributed by atoms with Gasteiger partial charge in [0.05, 0.1) is 78.0 Å². The molecule has 10 rings (SSSR count). The first kappa shape index (κ1) is 84.6. The summed E-state index contributed by atoms with van der Waals surface area (Å²) in [6.07, 6.45) is 13.8. The lowest BCUT2D eigenvalue weighted by Crippen LogP contribution is -2.28. The average molecular weight is 1450 g/mol. The largest absolute Gasteiger partial charge is 0.494 e. The van der Waals surface area contributed by atoms with Crippen molar-refractivity contribution in [3.05, 3.63) is 195 Å². The van der Waals surface area contributed by atoms with Gasteiger partial charge in [0, 0.05) is 103 Å². The van der Waals surface area contributed by atoms with Gasteiger partial charge in [-0.2, -0.15) is 20.4 Å². The minimum Gasteiger partial charge on any atom is -0.494 e. The number of aryl methyl sites for hydroxylation is 1. The fraction of sp³-hybridized carbons (Fsp3) is 0.458. The van der Waals surface area contributed by atoms with Crippen molar-refractivity contribution in [2.24, 2.45) is 16.6 Å². The van der Waals surface area contributed by atoms with Crippen LogP contribution in [0.2, 0.25) is 5.02 Å². The van der Waals surface area contributed by atoms with Crippen molar-refractivity contribution in [3.63, 3.8) is 0 Å². The molecule has 1 aliphatic rings. The third kappa shape index (κ3) is 28.3. The molecular formula is C83H119ClFN15O4. The first-order chi connectivity index (χ1) is 50.2. The molecule has 5 heterocycles. The number of nitrogens with two attached hydrogens (primary N) is 1. The molecule has 104 heavy (non-hydrogen) atoms. The zero-order valence-corrected chi connectivity index (χ0v) is 65.8. The van der Waals surface area contributed by atoms with E-state index in [1.807, 2.05) is 88.8 Å². The molecule has 0 saturated heterocycles. The molecule has 0 saturated carbocycles. The topological polar surface area (TPSA) is 206 Å². The van der Waals surface area contributed by atoms with E-state index in [9.17, 15) is 4.39 Å². The Morgan fingerprint density at radius 1 is 0.538 bits per heavy atom. The van der Waals surface area contributed by atoms with Crippen LogP contribution in [0.5, 0.6) is 17.2 Å². The SMILES string of the molecule is CCCN(C)Cc1c(-c2ccc(F)cc2)n[nH]c1C.CCCN(C)Cc1cn[nH]c1-c1ccc(CC(C)C)cc1.CCCN(C)Cc1cn[nH]c1-c1ccc(OC(C)C)c(Cl)c1.CCCN(C)Cc1cn[nH]c1-c1ccc(OCC)cc1.COCCOc1ccc(C2=NCC=C2CN(C)CCN)cc1. The molecule has 4 aromatic heterocycles. The van der Waals surface area contributed by atoms with Crippen LogP contribution < -0.4 is 19.9 Å². The molecule has 0 aliphatic carbocycles. The summed E-state index contributed by atoms with van der Waals surface area (Å²) in [6, 6.07) is 37.4. The third-order valence-electron chi connectivity index (χ3n) is 17.0. The van der Waals surface area contributed by atoms with Crippen molar-refractivity contribution in [2.45, 2.75) is 134 Å². The van der Waals surface area contributed by atoms with Crippen LogP contribution >= 0.6 is 11.6 Å². The fourth-order valence-electron chi connectivity index (χ4n) is 12.1. The van der Waals surface area contributed by atoms with Gasteiger partial charge in [-0.05, 0) is 235 Å². The normalized spacial score (nSPS) is 11.9. The summed E-state index contributed by atoms with van der Waals surface area (Å²) in [5.41, 5.74) is 24.9. The van der Waals surface area contributed by atoms with Gasteiger partial charge in [-0.1, -0.05) is 83.5 Å². The molecule has 1 aliphatic heterocycles.